The van der Waals surface area contributed by atoms with Crippen LogP contribution in [0.4, 0.5) is 0 Å². The number of hydrogen-bond acceptors (Lipinski definition) is 5. The second-order valence-corrected chi connectivity index (χ2v) is 8.82. The van der Waals surface area contributed by atoms with Crippen molar-refractivity contribution in [3.63, 3.8) is 0 Å². The fourth-order valence-electron chi connectivity index (χ4n) is 3.89. The zero-order valence-electron chi connectivity index (χ0n) is 19.5. The highest BCUT2D eigenvalue weighted by molar-refractivity contribution is 5.94. The van der Waals surface area contributed by atoms with Crippen LogP contribution in [0, 0.1) is 6.92 Å². The first-order valence-electron chi connectivity index (χ1n) is 11.5. The summed E-state index contributed by atoms with van der Waals surface area (Å²) < 4.78 is 5.72. The van der Waals surface area contributed by atoms with Gasteiger partial charge in [-0.05, 0) is 42.7 Å². The van der Waals surface area contributed by atoms with Crippen LogP contribution in [-0.2, 0) is 11.2 Å². The monoisotopic (exact) mass is 446 g/mol. The molecule has 0 aliphatic carbocycles. The first-order valence-corrected chi connectivity index (χ1v) is 11.5. The Morgan fingerprint density at radius 3 is 2.18 bits per heavy atom. The Morgan fingerprint density at radius 1 is 0.909 bits per heavy atom. The average molecular weight is 447 g/mol. The molecule has 2 amide bonds. The molecule has 7 heteroatoms. The number of aryl methyl sites for hydroxylation is 2. The fraction of sp³-hybridized carbons (Fsp3) is 0.385. The average Bonchev–Trinajstić information content (AvgIpc) is 3.32. The van der Waals surface area contributed by atoms with Gasteiger partial charge in [-0.3, -0.25) is 9.59 Å². The van der Waals surface area contributed by atoms with Crippen LogP contribution in [0.1, 0.15) is 53.6 Å². The second-order valence-electron chi connectivity index (χ2n) is 8.82. The molecule has 0 saturated carbocycles. The fourth-order valence-corrected chi connectivity index (χ4v) is 3.89. The summed E-state index contributed by atoms with van der Waals surface area (Å²) in [5.74, 6) is 1.42. The van der Waals surface area contributed by atoms with E-state index in [0.29, 0.717) is 62.3 Å². The third-order valence-corrected chi connectivity index (χ3v) is 6.06. The third kappa shape index (κ3) is 5.48. The molecule has 1 fully saturated rings. The van der Waals surface area contributed by atoms with Crippen molar-refractivity contribution in [1.29, 1.82) is 0 Å². The molecule has 4 rings (SSSR count). The van der Waals surface area contributed by atoms with Gasteiger partial charge in [0.05, 0.1) is 0 Å². The van der Waals surface area contributed by atoms with Crippen LogP contribution in [0.2, 0.25) is 0 Å². The van der Waals surface area contributed by atoms with Crippen molar-refractivity contribution in [3.8, 4) is 11.5 Å². The van der Waals surface area contributed by atoms with E-state index in [1.807, 2.05) is 65.3 Å². The molecular formula is C26H30N4O3. The predicted octanol–water partition coefficient (Wildman–Crippen LogP) is 4.09. The summed E-state index contributed by atoms with van der Waals surface area (Å²) in [5, 5.41) is 8.17. The van der Waals surface area contributed by atoms with Crippen LogP contribution in [-0.4, -0.2) is 58.0 Å². The highest BCUT2D eigenvalue weighted by atomic mass is 16.4. The van der Waals surface area contributed by atoms with Crippen LogP contribution in [0.15, 0.2) is 52.9 Å². The van der Waals surface area contributed by atoms with E-state index in [1.165, 1.54) is 5.56 Å². The van der Waals surface area contributed by atoms with Gasteiger partial charge in [0.1, 0.15) is 0 Å². The quantitative estimate of drug-likeness (QED) is 0.570. The number of benzene rings is 2. The lowest BCUT2D eigenvalue weighted by atomic mass is 10.0. The number of amides is 2. The summed E-state index contributed by atoms with van der Waals surface area (Å²) in [4.78, 5) is 29.1. The Kier molecular flexibility index (Phi) is 6.87. The van der Waals surface area contributed by atoms with Gasteiger partial charge in [-0.25, -0.2) is 0 Å². The van der Waals surface area contributed by atoms with Crippen molar-refractivity contribution in [3.05, 3.63) is 71.1 Å². The lowest BCUT2D eigenvalue weighted by Crippen LogP contribution is -2.50. The molecule has 1 aliphatic heterocycles. The summed E-state index contributed by atoms with van der Waals surface area (Å²) in [6.45, 7) is 8.43. The van der Waals surface area contributed by atoms with E-state index in [2.05, 4.69) is 24.0 Å². The van der Waals surface area contributed by atoms with Crippen molar-refractivity contribution < 1.29 is 14.0 Å². The Hall–Kier alpha value is -3.48. The summed E-state index contributed by atoms with van der Waals surface area (Å²) in [5.41, 5.74) is 3.94. The Labute approximate surface area is 194 Å². The molecule has 7 nitrogen and oxygen atoms in total. The van der Waals surface area contributed by atoms with Crippen LogP contribution in [0.25, 0.3) is 11.5 Å². The smallest absolute Gasteiger partial charge is 0.253 e. The largest absolute Gasteiger partial charge is 0.421 e. The minimum Gasteiger partial charge on any atom is -0.421 e. The van der Waals surface area contributed by atoms with Crippen molar-refractivity contribution in [2.24, 2.45) is 0 Å². The van der Waals surface area contributed by atoms with E-state index in [-0.39, 0.29) is 11.8 Å². The van der Waals surface area contributed by atoms with Gasteiger partial charge in [0.15, 0.2) is 0 Å². The number of aromatic nitrogens is 2. The highest BCUT2D eigenvalue weighted by Gasteiger charge is 2.25. The molecule has 0 atom stereocenters. The Balaban J connectivity index is 1.25. The van der Waals surface area contributed by atoms with Crippen LogP contribution in [0.5, 0.6) is 0 Å². The zero-order valence-corrected chi connectivity index (χ0v) is 19.5. The van der Waals surface area contributed by atoms with E-state index in [4.69, 9.17) is 4.42 Å². The third-order valence-electron chi connectivity index (χ3n) is 6.06. The van der Waals surface area contributed by atoms with Gasteiger partial charge in [-0.15, -0.1) is 10.2 Å². The molecule has 33 heavy (non-hydrogen) atoms. The van der Waals surface area contributed by atoms with Gasteiger partial charge in [0, 0.05) is 50.1 Å². The summed E-state index contributed by atoms with van der Waals surface area (Å²) in [6.07, 6.45) is 0.708. The summed E-state index contributed by atoms with van der Waals surface area (Å²) >= 11 is 0. The van der Waals surface area contributed by atoms with Crippen molar-refractivity contribution in [2.75, 3.05) is 26.2 Å². The Bertz CT molecular complexity index is 1100. The molecule has 172 valence electrons. The van der Waals surface area contributed by atoms with Crippen molar-refractivity contribution >= 4 is 11.8 Å². The first-order chi connectivity index (χ1) is 15.9. The lowest BCUT2D eigenvalue weighted by molar-refractivity contribution is -0.132. The summed E-state index contributed by atoms with van der Waals surface area (Å²) in [6, 6.07) is 15.7. The Morgan fingerprint density at radius 2 is 1.55 bits per heavy atom. The van der Waals surface area contributed by atoms with E-state index >= 15 is 0 Å². The molecule has 1 aliphatic rings. The normalized spacial score (nSPS) is 14.1. The van der Waals surface area contributed by atoms with Crippen LogP contribution >= 0.6 is 0 Å². The zero-order chi connectivity index (χ0) is 23.4. The van der Waals surface area contributed by atoms with Gasteiger partial charge in [0.2, 0.25) is 17.7 Å². The topological polar surface area (TPSA) is 79.5 Å². The number of carbonyl (C=O) groups excluding carboxylic acids is 2. The molecule has 1 saturated heterocycles. The van der Waals surface area contributed by atoms with Gasteiger partial charge in [0.25, 0.3) is 5.91 Å². The van der Waals surface area contributed by atoms with Gasteiger partial charge in [-0.1, -0.05) is 43.7 Å². The highest BCUT2D eigenvalue weighted by Crippen LogP contribution is 2.19. The van der Waals surface area contributed by atoms with Crippen molar-refractivity contribution in [1.82, 2.24) is 20.0 Å². The maximum Gasteiger partial charge on any atom is 0.253 e. The molecule has 0 bridgehead atoms. The maximum atomic E-state index is 12.8. The number of piperazine rings is 1. The molecule has 0 N–H and O–H groups in total. The summed E-state index contributed by atoms with van der Waals surface area (Å²) in [7, 11) is 0. The van der Waals surface area contributed by atoms with Crippen LogP contribution < -0.4 is 0 Å². The maximum absolute atomic E-state index is 12.8. The molecule has 3 aromatic rings. The molecule has 0 unspecified atom stereocenters. The molecule has 2 heterocycles. The number of rotatable bonds is 6. The van der Waals surface area contributed by atoms with Crippen LogP contribution in [0.3, 0.4) is 0 Å². The van der Waals surface area contributed by atoms with Crippen molar-refractivity contribution in [2.45, 2.75) is 39.5 Å². The van der Waals surface area contributed by atoms with E-state index < -0.39 is 0 Å². The second kappa shape index (κ2) is 9.98. The standard InChI is InChI=1S/C26H30N4O3/c1-18(2)20-8-10-22(11-9-20)26(32)30-16-14-29(15-17-30)24(31)13-12-23-27-28-25(33-23)21-6-4-19(3)5-7-21/h4-11,18H,12-17H2,1-3H3. The number of carbonyl (C=O) groups is 2. The van der Waals surface area contributed by atoms with Gasteiger partial charge >= 0.3 is 0 Å². The first kappa shape index (κ1) is 22.7. The van der Waals surface area contributed by atoms with Gasteiger partial charge < -0.3 is 14.2 Å². The SMILES string of the molecule is Cc1ccc(-c2nnc(CCC(=O)N3CCN(C(=O)c4ccc(C(C)C)cc4)CC3)o2)cc1. The number of hydrogen-bond donors (Lipinski definition) is 0. The molecule has 0 radical (unpaired) electrons. The molecule has 1 aromatic heterocycles. The van der Waals surface area contributed by atoms with E-state index in [1.54, 1.807) is 0 Å². The van der Waals surface area contributed by atoms with Gasteiger partial charge in [-0.2, -0.15) is 0 Å². The van der Waals surface area contributed by atoms with E-state index in [0.717, 1.165) is 11.1 Å². The predicted molar refractivity (Wildman–Crippen MR) is 126 cm³/mol. The molecule has 0 spiro atoms. The molecular weight excluding hydrogens is 416 g/mol. The molecule has 2 aromatic carbocycles. The number of nitrogens with zero attached hydrogens (tertiary/aromatic N) is 4. The van der Waals surface area contributed by atoms with E-state index in [9.17, 15) is 9.59 Å². The minimum atomic E-state index is 0.0203. The lowest BCUT2D eigenvalue weighted by Gasteiger charge is -2.35. The minimum absolute atomic E-state index is 0.0203.